The van der Waals surface area contributed by atoms with Gasteiger partial charge in [0.25, 0.3) is 5.69 Å². The highest BCUT2D eigenvalue weighted by molar-refractivity contribution is 6.01. The summed E-state index contributed by atoms with van der Waals surface area (Å²) in [7, 11) is 0. The molecule has 6 heteroatoms. The van der Waals surface area contributed by atoms with Crippen LogP contribution in [0.5, 0.6) is 0 Å². The molecule has 0 unspecified atom stereocenters. The molecule has 25 heavy (non-hydrogen) atoms. The number of nitro groups is 1. The fraction of sp³-hybridized carbons (Fsp3) is 0.0526. The van der Waals surface area contributed by atoms with Gasteiger partial charge in [0.05, 0.1) is 16.1 Å². The second kappa shape index (κ2) is 6.81. The molecule has 0 saturated heterocycles. The number of aromatic nitrogens is 1. The second-order valence-electron chi connectivity index (χ2n) is 5.30. The number of fused-ring (bicyclic) bond motifs is 1. The Morgan fingerprint density at radius 2 is 1.88 bits per heavy atom. The number of amides is 1. The first-order chi connectivity index (χ1) is 12.0. The molecule has 1 amide bonds. The topological polar surface area (TPSA) is 85.1 Å². The molecule has 0 fully saturated rings. The second-order valence-corrected chi connectivity index (χ2v) is 5.30. The number of nitrogens with one attached hydrogen (secondary N) is 1. The zero-order chi connectivity index (χ0) is 17.8. The number of hydrogen-bond donors (Lipinski definition) is 1. The van der Waals surface area contributed by atoms with Crippen molar-refractivity contribution in [2.24, 2.45) is 0 Å². The predicted octanol–water partition coefficient (Wildman–Crippen LogP) is 3.50. The molecule has 1 aromatic heterocycles. The third-order valence-electron chi connectivity index (χ3n) is 3.50. The van der Waals surface area contributed by atoms with Crippen molar-refractivity contribution >= 4 is 28.2 Å². The molecule has 0 aliphatic heterocycles. The summed E-state index contributed by atoms with van der Waals surface area (Å²) in [5, 5.41) is 14.3. The van der Waals surface area contributed by atoms with Gasteiger partial charge in [-0.2, -0.15) is 0 Å². The Kier molecular flexibility index (Phi) is 4.40. The highest BCUT2D eigenvalue weighted by Crippen LogP contribution is 2.24. The number of nitrogens with zero attached hydrogens (tertiary/aromatic N) is 2. The van der Waals surface area contributed by atoms with Crippen molar-refractivity contribution in [2.75, 3.05) is 5.32 Å². The number of nitro benzene ring substituents is 1. The monoisotopic (exact) mass is 331 g/mol. The standard InChI is InChI=1S/C19H13N3O3/c1-13(23)21-18-11-8-15(17-3-2-12-20-19(17)18)7-4-14-5-9-16(10-6-14)22(24)25/h2-3,5-6,8-12H,1H3,(H,21,23). The summed E-state index contributed by atoms with van der Waals surface area (Å²) in [6, 6.07) is 13.3. The van der Waals surface area contributed by atoms with E-state index in [0.717, 1.165) is 10.9 Å². The van der Waals surface area contributed by atoms with Crippen LogP contribution >= 0.6 is 0 Å². The molecular formula is C19H13N3O3. The van der Waals surface area contributed by atoms with Crippen LogP contribution in [0, 0.1) is 22.0 Å². The quantitative estimate of drug-likeness (QED) is 0.442. The van der Waals surface area contributed by atoms with Crippen LogP contribution in [0.3, 0.4) is 0 Å². The normalized spacial score (nSPS) is 9.96. The summed E-state index contributed by atoms with van der Waals surface area (Å²) in [6.45, 7) is 1.44. The van der Waals surface area contributed by atoms with E-state index in [4.69, 9.17) is 0 Å². The summed E-state index contributed by atoms with van der Waals surface area (Å²) >= 11 is 0. The van der Waals surface area contributed by atoms with E-state index in [9.17, 15) is 14.9 Å². The van der Waals surface area contributed by atoms with Crippen molar-refractivity contribution in [1.82, 2.24) is 4.98 Å². The van der Waals surface area contributed by atoms with Crippen LogP contribution in [0.1, 0.15) is 18.1 Å². The van der Waals surface area contributed by atoms with Crippen LogP contribution in [0.25, 0.3) is 10.9 Å². The highest BCUT2D eigenvalue weighted by Gasteiger charge is 2.07. The Morgan fingerprint density at radius 1 is 1.12 bits per heavy atom. The van der Waals surface area contributed by atoms with Gasteiger partial charge in [-0.15, -0.1) is 0 Å². The van der Waals surface area contributed by atoms with E-state index in [1.165, 1.54) is 19.1 Å². The highest BCUT2D eigenvalue weighted by atomic mass is 16.6. The van der Waals surface area contributed by atoms with Crippen molar-refractivity contribution in [3.8, 4) is 11.8 Å². The van der Waals surface area contributed by atoms with Crippen LogP contribution in [-0.2, 0) is 4.79 Å². The number of pyridine rings is 1. The number of benzene rings is 2. The number of rotatable bonds is 2. The fourth-order valence-electron chi connectivity index (χ4n) is 2.38. The maximum Gasteiger partial charge on any atom is 0.269 e. The lowest BCUT2D eigenvalue weighted by Crippen LogP contribution is -2.06. The van der Waals surface area contributed by atoms with E-state index in [-0.39, 0.29) is 11.6 Å². The maximum absolute atomic E-state index is 11.3. The molecule has 0 aliphatic rings. The minimum absolute atomic E-state index is 0.0276. The molecule has 0 atom stereocenters. The number of carbonyl (C=O) groups excluding carboxylic acids is 1. The van der Waals surface area contributed by atoms with Gasteiger partial charge in [-0.05, 0) is 36.4 Å². The average molecular weight is 331 g/mol. The first-order valence-corrected chi connectivity index (χ1v) is 7.46. The third-order valence-corrected chi connectivity index (χ3v) is 3.50. The zero-order valence-corrected chi connectivity index (χ0v) is 13.3. The van der Waals surface area contributed by atoms with Gasteiger partial charge in [0.15, 0.2) is 0 Å². The van der Waals surface area contributed by atoms with Crippen molar-refractivity contribution in [3.63, 3.8) is 0 Å². The average Bonchev–Trinajstić information content (AvgIpc) is 2.61. The van der Waals surface area contributed by atoms with E-state index < -0.39 is 4.92 Å². The van der Waals surface area contributed by atoms with E-state index in [1.54, 1.807) is 30.5 Å². The largest absolute Gasteiger partial charge is 0.324 e. The van der Waals surface area contributed by atoms with Gasteiger partial charge in [0.1, 0.15) is 0 Å². The van der Waals surface area contributed by atoms with E-state index in [2.05, 4.69) is 22.1 Å². The Balaban J connectivity index is 2.00. The molecule has 0 aliphatic carbocycles. The molecule has 2 aromatic carbocycles. The van der Waals surface area contributed by atoms with E-state index in [1.807, 2.05) is 12.1 Å². The number of hydrogen-bond acceptors (Lipinski definition) is 4. The van der Waals surface area contributed by atoms with Crippen LogP contribution in [0.2, 0.25) is 0 Å². The summed E-state index contributed by atoms with van der Waals surface area (Å²) in [4.78, 5) is 25.9. The summed E-state index contributed by atoms with van der Waals surface area (Å²) in [5.74, 6) is 5.88. The molecule has 3 rings (SSSR count). The smallest absolute Gasteiger partial charge is 0.269 e. The Labute approximate surface area is 143 Å². The molecule has 122 valence electrons. The Bertz CT molecular complexity index is 1030. The first kappa shape index (κ1) is 16.1. The van der Waals surface area contributed by atoms with Gasteiger partial charge in [-0.25, -0.2) is 0 Å². The van der Waals surface area contributed by atoms with Gasteiger partial charge in [-0.3, -0.25) is 19.9 Å². The molecule has 3 aromatic rings. The lowest BCUT2D eigenvalue weighted by Gasteiger charge is -2.07. The molecule has 6 nitrogen and oxygen atoms in total. The van der Waals surface area contributed by atoms with Gasteiger partial charge < -0.3 is 5.32 Å². The lowest BCUT2D eigenvalue weighted by molar-refractivity contribution is -0.384. The summed E-state index contributed by atoms with van der Waals surface area (Å²) in [6.07, 6.45) is 1.65. The minimum Gasteiger partial charge on any atom is -0.324 e. The maximum atomic E-state index is 11.3. The number of carbonyl (C=O) groups is 1. The van der Waals surface area contributed by atoms with Crippen molar-refractivity contribution in [1.29, 1.82) is 0 Å². The molecular weight excluding hydrogens is 318 g/mol. The SMILES string of the molecule is CC(=O)Nc1ccc(C#Cc2ccc([N+](=O)[O-])cc2)c2cccnc12. The molecule has 0 bridgehead atoms. The summed E-state index contributed by atoms with van der Waals surface area (Å²) in [5.41, 5.74) is 2.75. The van der Waals surface area contributed by atoms with Crippen molar-refractivity contribution in [3.05, 3.63) is 76.0 Å². The Hall–Kier alpha value is -3.72. The molecule has 1 heterocycles. The Morgan fingerprint density at radius 3 is 2.56 bits per heavy atom. The molecule has 0 spiro atoms. The minimum atomic E-state index is -0.447. The van der Waals surface area contributed by atoms with E-state index in [0.29, 0.717) is 16.8 Å². The van der Waals surface area contributed by atoms with Crippen LogP contribution < -0.4 is 5.32 Å². The van der Waals surface area contributed by atoms with Gasteiger partial charge >= 0.3 is 0 Å². The van der Waals surface area contributed by atoms with Gasteiger partial charge in [0.2, 0.25) is 5.91 Å². The van der Waals surface area contributed by atoms with Crippen molar-refractivity contribution < 1.29 is 9.72 Å². The molecule has 0 saturated carbocycles. The summed E-state index contributed by atoms with van der Waals surface area (Å²) < 4.78 is 0. The van der Waals surface area contributed by atoms with Crippen LogP contribution in [-0.4, -0.2) is 15.8 Å². The third kappa shape index (κ3) is 3.62. The lowest BCUT2D eigenvalue weighted by atomic mass is 10.1. The molecule has 1 N–H and O–H groups in total. The van der Waals surface area contributed by atoms with Gasteiger partial charge in [0, 0.05) is 41.8 Å². The molecule has 0 radical (unpaired) electrons. The first-order valence-electron chi connectivity index (χ1n) is 7.46. The number of anilines is 1. The number of non-ortho nitro benzene ring substituents is 1. The van der Waals surface area contributed by atoms with E-state index >= 15 is 0 Å². The van der Waals surface area contributed by atoms with Crippen molar-refractivity contribution in [2.45, 2.75) is 6.92 Å². The van der Waals surface area contributed by atoms with Crippen LogP contribution in [0.15, 0.2) is 54.7 Å². The predicted molar refractivity (Wildman–Crippen MR) is 95.1 cm³/mol. The van der Waals surface area contributed by atoms with Gasteiger partial charge in [-0.1, -0.05) is 11.8 Å². The fourth-order valence-corrected chi connectivity index (χ4v) is 2.38. The van der Waals surface area contributed by atoms with Crippen LogP contribution in [0.4, 0.5) is 11.4 Å². The zero-order valence-electron chi connectivity index (χ0n) is 13.3.